The van der Waals surface area contributed by atoms with Crippen molar-refractivity contribution >= 4 is 11.8 Å². The van der Waals surface area contributed by atoms with Crippen LogP contribution in [0.3, 0.4) is 0 Å². The van der Waals surface area contributed by atoms with Crippen molar-refractivity contribution in [2.45, 2.75) is 19.8 Å². The smallest absolute Gasteiger partial charge is 0.258 e. The van der Waals surface area contributed by atoms with Gasteiger partial charge in [-0.05, 0) is 18.9 Å². The zero-order valence-electron chi connectivity index (χ0n) is 9.14. The summed E-state index contributed by atoms with van der Waals surface area (Å²) in [5, 5.41) is 0. The molecule has 0 N–H and O–H groups in total. The van der Waals surface area contributed by atoms with Crippen LogP contribution in [-0.2, 0) is 9.59 Å². The fourth-order valence-corrected chi connectivity index (χ4v) is 1.74. The average Bonchev–Trinajstić information content (AvgIpc) is 2.53. The predicted molar refractivity (Wildman–Crippen MR) is 61.2 cm³/mol. The summed E-state index contributed by atoms with van der Waals surface area (Å²) in [5.41, 5.74) is 1.89. The number of imide groups is 1. The quantitative estimate of drug-likeness (QED) is 0.661. The molecule has 1 aliphatic heterocycles. The van der Waals surface area contributed by atoms with Crippen LogP contribution in [0, 0.1) is 0 Å². The van der Waals surface area contributed by atoms with Crippen molar-refractivity contribution in [2.24, 2.45) is 0 Å². The Morgan fingerprint density at radius 3 is 2.38 bits per heavy atom. The zero-order valence-corrected chi connectivity index (χ0v) is 9.14. The van der Waals surface area contributed by atoms with E-state index in [0.717, 1.165) is 12.8 Å². The standard InChI is InChI=1S/C13H13NO2/c1-2-10-4-3-5-11(7-6-10)14-12(15)8-9-13(14)16/h4-9H,2-3H2,1H3. The Morgan fingerprint density at radius 2 is 1.75 bits per heavy atom. The second-order valence-corrected chi connectivity index (χ2v) is 3.68. The Labute approximate surface area is 94.4 Å². The summed E-state index contributed by atoms with van der Waals surface area (Å²) in [7, 11) is 0. The van der Waals surface area contributed by atoms with Gasteiger partial charge >= 0.3 is 0 Å². The van der Waals surface area contributed by atoms with Gasteiger partial charge in [-0.1, -0.05) is 30.7 Å². The van der Waals surface area contributed by atoms with Crippen molar-refractivity contribution in [3.05, 3.63) is 47.7 Å². The molecule has 2 rings (SSSR count). The summed E-state index contributed by atoms with van der Waals surface area (Å²) in [6.45, 7) is 2.08. The SMILES string of the molecule is CCC1=CCC=C(N2C(=O)C=CC2=O)C=C1. The third-order valence-electron chi connectivity index (χ3n) is 2.65. The summed E-state index contributed by atoms with van der Waals surface area (Å²) in [5.74, 6) is -0.526. The van der Waals surface area contributed by atoms with Crippen LogP contribution in [0.2, 0.25) is 0 Å². The number of amides is 2. The van der Waals surface area contributed by atoms with E-state index in [1.54, 1.807) is 0 Å². The highest BCUT2D eigenvalue weighted by atomic mass is 16.2. The number of carbonyl (C=O) groups excluding carboxylic acids is 2. The summed E-state index contributed by atoms with van der Waals surface area (Å²) in [6.07, 6.45) is 12.1. The molecule has 0 aromatic rings. The highest BCUT2D eigenvalue weighted by Gasteiger charge is 2.25. The van der Waals surface area contributed by atoms with Crippen LogP contribution in [0.25, 0.3) is 0 Å². The van der Waals surface area contributed by atoms with E-state index in [-0.39, 0.29) is 11.8 Å². The first-order valence-electron chi connectivity index (χ1n) is 5.35. The lowest BCUT2D eigenvalue weighted by atomic mass is 10.2. The zero-order chi connectivity index (χ0) is 11.5. The van der Waals surface area contributed by atoms with E-state index in [1.165, 1.54) is 22.6 Å². The molecule has 0 radical (unpaired) electrons. The molecule has 2 amide bonds. The number of hydrogen-bond donors (Lipinski definition) is 0. The summed E-state index contributed by atoms with van der Waals surface area (Å²) in [4.78, 5) is 24.1. The molecule has 3 nitrogen and oxygen atoms in total. The molecule has 0 aromatic heterocycles. The molecule has 0 saturated heterocycles. The minimum absolute atomic E-state index is 0.263. The monoisotopic (exact) mass is 215 g/mol. The maximum absolute atomic E-state index is 11.5. The molecule has 3 heteroatoms. The Kier molecular flexibility index (Phi) is 2.86. The number of allylic oxidation sites excluding steroid dienone is 5. The number of rotatable bonds is 2. The molecule has 82 valence electrons. The normalized spacial score (nSPS) is 19.9. The molecule has 0 aromatic carbocycles. The van der Waals surface area contributed by atoms with E-state index < -0.39 is 0 Å². The van der Waals surface area contributed by atoms with Crippen molar-refractivity contribution in [3.63, 3.8) is 0 Å². The molecule has 0 atom stereocenters. The van der Waals surface area contributed by atoms with Crippen LogP contribution < -0.4 is 0 Å². The molecular weight excluding hydrogens is 202 g/mol. The van der Waals surface area contributed by atoms with Crippen LogP contribution in [0.4, 0.5) is 0 Å². The highest BCUT2D eigenvalue weighted by molar-refractivity contribution is 6.14. The number of carbonyl (C=O) groups is 2. The first-order valence-corrected chi connectivity index (χ1v) is 5.35. The van der Waals surface area contributed by atoms with E-state index in [1.807, 2.05) is 18.2 Å². The number of nitrogens with zero attached hydrogens (tertiary/aromatic N) is 1. The molecule has 0 fully saturated rings. The van der Waals surface area contributed by atoms with Gasteiger partial charge in [0.25, 0.3) is 11.8 Å². The van der Waals surface area contributed by atoms with Crippen LogP contribution in [0.5, 0.6) is 0 Å². The van der Waals surface area contributed by atoms with Crippen LogP contribution in [-0.4, -0.2) is 16.7 Å². The van der Waals surface area contributed by atoms with Crippen LogP contribution in [0.15, 0.2) is 47.7 Å². The van der Waals surface area contributed by atoms with Gasteiger partial charge in [-0.15, -0.1) is 0 Å². The third-order valence-corrected chi connectivity index (χ3v) is 2.65. The van der Waals surface area contributed by atoms with Gasteiger partial charge in [0.2, 0.25) is 0 Å². The van der Waals surface area contributed by atoms with E-state index >= 15 is 0 Å². The first kappa shape index (κ1) is 10.6. The molecule has 0 saturated carbocycles. The maximum atomic E-state index is 11.5. The predicted octanol–water partition coefficient (Wildman–Crippen LogP) is 2.09. The molecule has 16 heavy (non-hydrogen) atoms. The van der Waals surface area contributed by atoms with E-state index in [4.69, 9.17) is 0 Å². The van der Waals surface area contributed by atoms with Gasteiger partial charge in [-0.2, -0.15) is 0 Å². The lowest BCUT2D eigenvalue weighted by Gasteiger charge is -2.14. The second kappa shape index (κ2) is 4.31. The van der Waals surface area contributed by atoms with Crippen LogP contribution >= 0.6 is 0 Å². The van der Waals surface area contributed by atoms with E-state index in [0.29, 0.717) is 5.70 Å². The van der Waals surface area contributed by atoms with Gasteiger partial charge < -0.3 is 0 Å². The Balaban J connectivity index is 2.22. The van der Waals surface area contributed by atoms with Gasteiger partial charge in [0.15, 0.2) is 0 Å². The van der Waals surface area contributed by atoms with Crippen LogP contribution in [0.1, 0.15) is 19.8 Å². The minimum Gasteiger partial charge on any atom is -0.269 e. The molecule has 0 unspecified atom stereocenters. The summed E-state index contributed by atoms with van der Waals surface area (Å²) < 4.78 is 0. The van der Waals surface area contributed by atoms with Crippen molar-refractivity contribution in [2.75, 3.05) is 0 Å². The lowest BCUT2D eigenvalue weighted by Crippen LogP contribution is -2.28. The first-order chi connectivity index (χ1) is 7.72. The Hall–Kier alpha value is -1.90. The minimum atomic E-state index is -0.263. The summed E-state index contributed by atoms with van der Waals surface area (Å²) >= 11 is 0. The van der Waals surface area contributed by atoms with Crippen molar-refractivity contribution < 1.29 is 9.59 Å². The fraction of sp³-hybridized carbons (Fsp3) is 0.231. The molecule has 1 heterocycles. The molecule has 0 bridgehead atoms. The lowest BCUT2D eigenvalue weighted by molar-refractivity contribution is -0.134. The number of hydrogen-bond acceptors (Lipinski definition) is 2. The van der Waals surface area contributed by atoms with Gasteiger partial charge in [0.1, 0.15) is 0 Å². The highest BCUT2D eigenvalue weighted by Crippen LogP contribution is 2.19. The van der Waals surface area contributed by atoms with E-state index in [9.17, 15) is 9.59 Å². The van der Waals surface area contributed by atoms with Crippen molar-refractivity contribution in [1.29, 1.82) is 0 Å². The maximum Gasteiger partial charge on any atom is 0.258 e. The second-order valence-electron chi connectivity index (χ2n) is 3.68. The average molecular weight is 215 g/mol. The molecule has 1 aliphatic carbocycles. The topological polar surface area (TPSA) is 37.4 Å². The van der Waals surface area contributed by atoms with Crippen molar-refractivity contribution in [3.8, 4) is 0 Å². The third kappa shape index (κ3) is 1.89. The fourth-order valence-electron chi connectivity index (χ4n) is 1.74. The largest absolute Gasteiger partial charge is 0.269 e. The Bertz CT molecular complexity index is 435. The van der Waals surface area contributed by atoms with Gasteiger partial charge in [-0.25, -0.2) is 4.90 Å². The molecular formula is C13H13NO2. The van der Waals surface area contributed by atoms with Gasteiger partial charge in [0.05, 0.1) is 0 Å². The molecule has 2 aliphatic rings. The summed E-state index contributed by atoms with van der Waals surface area (Å²) in [6, 6.07) is 0. The molecule has 0 spiro atoms. The Morgan fingerprint density at radius 1 is 1.06 bits per heavy atom. The van der Waals surface area contributed by atoms with E-state index in [2.05, 4.69) is 13.0 Å². The van der Waals surface area contributed by atoms with Gasteiger partial charge in [-0.3, -0.25) is 9.59 Å². The van der Waals surface area contributed by atoms with Crippen molar-refractivity contribution in [1.82, 2.24) is 4.90 Å². The van der Waals surface area contributed by atoms with Gasteiger partial charge in [0, 0.05) is 17.8 Å².